The average molecular weight is 319 g/mol. The highest BCUT2D eigenvalue weighted by molar-refractivity contribution is 6.02. The summed E-state index contributed by atoms with van der Waals surface area (Å²) in [5, 5.41) is 12.7. The van der Waals surface area contributed by atoms with Crippen molar-refractivity contribution in [2.45, 2.75) is 20.8 Å². The van der Waals surface area contributed by atoms with Gasteiger partial charge in [-0.1, -0.05) is 0 Å². The van der Waals surface area contributed by atoms with Crippen LogP contribution in [0.2, 0.25) is 0 Å². The predicted octanol–water partition coefficient (Wildman–Crippen LogP) is 1.41. The number of benzene rings is 1. The summed E-state index contributed by atoms with van der Waals surface area (Å²) >= 11 is 0. The van der Waals surface area contributed by atoms with E-state index in [1.54, 1.807) is 19.1 Å². The van der Waals surface area contributed by atoms with E-state index in [4.69, 9.17) is 4.42 Å². The Balaban J connectivity index is 2.41. The first-order valence-electron chi connectivity index (χ1n) is 7.06. The van der Waals surface area contributed by atoms with Crippen LogP contribution in [0.3, 0.4) is 0 Å². The molecule has 23 heavy (non-hydrogen) atoms. The fraction of sp³-hybridized carbons (Fsp3) is 0.312. The van der Waals surface area contributed by atoms with E-state index >= 15 is 0 Å². The number of esters is 1. The van der Waals surface area contributed by atoms with Gasteiger partial charge in [0.1, 0.15) is 17.9 Å². The molecule has 0 fully saturated rings. The summed E-state index contributed by atoms with van der Waals surface area (Å²) in [7, 11) is 0. The Morgan fingerprint density at radius 1 is 1.26 bits per heavy atom. The van der Waals surface area contributed by atoms with Crippen LogP contribution in [0.4, 0.5) is 0 Å². The minimum atomic E-state index is -0.973. The van der Waals surface area contributed by atoms with Crippen LogP contribution in [0.15, 0.2) is 21.3 Å². The highest BCUT2D eigenvalue weighted by atomic mass is 16.5. The molecule has 2 N–H and O–H groups in total. The van der Waals surface area contributed by atoms with Crippen molar-refractivity contribution in [3.63, 3.8) is 0 Å². The fourth-order valence-corrected chi connectivity index (χ4v) is 2.09. The Labute approximate surface area is 131 Å². The molecule has 0 aliphatic carbocycles. The van der Waals surface area contributed by atoms with Crippen molar-refractivity contribution >= 4 is 22.8 Å². The Kier molecular flexibility index (Phi) is 4.68. The van der Waals surface area contributed by atoms with Crippen LogP contribution in [-0.2, 0) is 9.53 Å². The summed E-state index contributed by atoms with van der Waals surface area (Å²) < 4.78 is 9.76. The number of hydrogen-bond acceptors (Lipinski definition) is 6. The third kappa shape index (κ3) is 3.33. The lowest BCUT2D eigenvalue weighted by Gasteiger charge is -2.09. The van der Waals surface area contributed by atoms with Gasteiger partial charge in [0, 0.05) is 0 Å². The molecular weight excluding hydrogens is 302 g/mol. The number of carbonyl (C=O) groups is 2. The number of aryl methyl sites for hydroxylation is 2. The number of amides is 1. The van der Waals surface area contributed by atoms with Gasteiger partial charge in [-0.3, -0.25) is 9.59 Å². The maximum absolute atomic E-state index is 12.1. The SMILES string of the molecule is CCOC(=O)CNC(=O)c1c(O)c2cc(C)c(C)cc2oc1=O. The third-order valence-electron chi connectivity index (χ3n) is 3.42. The lowest BCUT2D eigenvalue weighted by Crippen LogP contribution is -2.33. The monoisotopic (exact) mass is 319 g/mol. The van der Waals surface area contributed by atoms with Gasteiger partial charge in [0.15, 0.2) is 5.56 Å². The highest BCUT2D eigenvalue weighted by Crippen LogP contribution is 2.28. The minimum absolute atomic E-state index is 0.177. The second kappa shape index (κ2) is 6.51. The number of nitrogens with one attached hydrogen (secondary N) is 1. The number of hydrogen-bond donors (Lipinski definition) is 2. The fourth-order valence-electron chi connectivity index (χ4n) is 2.09. The molecule has 1 heterocycles. The van der Waals surface area contributed by atoms with Crippen molar-refractivity contribution in [3.8, 4) is 5.75 Å². The van der Waals surface area contributed by atoms with E-state index in [9.17, 15) is 19.5 Å². The number of aromatic hydroxyl groups is 1. The van der Waals surface area contributed by atoms with Crippen molar-refractivity contribution in [2.75, 3.05) is 13.2 Å². The number of rotatable bonds is 4. The van der Waals surface area contributed by atoms with E-state index in [1.807, 2.05) is 13.8 Å². The average Bonchev–Trinajstić information content (AvgIpc) is 2.48. The predicted molar refractivity (Wildman–Crippen MR) is 82.6 cm³/mol. The lowest BCUT2D eigenvalue weighted by atomic mass is 10.0. The lowest BCUT2D eigenvalue weighted by molar-refractivity contribution is -0.141. The zero-order valence-corrected chi connectivity index (χ0v) is 13.1. The molecule has 0 aliphatic rings. The second-order valence-corrected chi connectivity index (χ2v) is 5.03. The molecule has 1 aromatic heterocycles. The van der Waals surface area contributed by atoms with Crippen LogP contribution < -0.4 is 10.9 Å². The largest absolute Gasteiger partial charge is 0.506 e. The van der Waals surface area contributed by atoms with Crippen molar-refractivity contribution < 1.29 is 23.8 Å². The van der Waals surface area contributed by atoms with E-state index in [-0.39, 0.29) is 17.6 Å². The van der Waals surface area contributed by atoms with E-state index in [0.717, 1.165) is 11.1 Å². The molecule has 1 aromatic carbocycles. The van der Waals surface area contributed by atoms with Gasteiger partial charge in [-0.05, 0) is 44.0 Å². The Bertz CT molecular complexity index is 837. The van der Waals surface area contributed by atoms with Crippen LogP contribution in [0, 0.1) is 13.8 Å². The summed E-state index contributed by atoms with van der Waals surface area (Å²) in [5.41, 5.74) is 0.446. The van der Waals surface area contributed by atoms with Gasteiger partial charge in [-0.15, -0.1) is 0 Å². The number of fused-ring (bicyclic) bond motifs is 1. The van der Waals surface area contributed by atoms with E-state index in [0.29, 0.717) is 0 Å². The van der Waals surface area contributed by atoms with Crippen molar-refractivity contribution in [1.29, 1.82) is 0 Å². The van der Waals surface area contributed by atoms with Crippen molar-refractivity contribution in [2.24, 2.45) is 0 Å². The molecule has 1 amide bonds. The normalized spacial score (nSPS) is 10.6. The second-order valence-electron chi connectivity index (χ2n) is 5.03. The molecule has 7 nitrogen and oxygen atoms in total. The van der Waals surface area contributed by atoms with Crippen molar-refractivity contribution in [3.05, 3.63) is 39.2 Å². The molecule has 7 heteroatoms. The first-order chi connectivity index (χ1) is 10.8. The van der Waals surface area contributed by atoms with Gasteiger partial charge in [-0.25, -0.2) is 4.79 Å². The summed E-state index contributed by atoms with van der Waals surface area (Å²) in [6.45, 7) is 5.08. The molecule has 0 atom stereocenters. The topological polar surface area (TPSA) is 106 Å². The van der Waals surface area contributed by atoms with Crippen LogP contribution >= 0.6 is 0 Å². The van der Waals surface area contributed by atoms with E-state index < -0.39 is 35.4 Å². The van der Waals surface area contributed by atoms with E-state index in [2.05, 4.69) is 10.1 Å². The molecule has 2 rings (SSSR count). The Morgan fingerprint density at radius 3 is 2.57 bits per heavy atom. The molecule has 2 aromatic rings. The maximum atomic E-state index is 12.1. The first kappa shape index (κ1) is 16.5. The smallest absolute Gasteiger partial charge is 0.353 e. The van der Waals surface area contributed by atoms with Crippen LogP contribution in [0.25, 0.3) is 11.0 Å². The molecule has 0 saturated heterocycles. The molecule has 0 saturated carbocycles. The molecule has 0 radical (unpaired) electrons. The van der Waals surface area contributed by atoms with Crippen LogP contribution in [0.1, 0.15) is 28.4 Å². The van der Waals surface area contributed by atoms with Crippen molar-refractivity contribution in [1.82, 2.24) is 5.32 Å². The molecular formula is C16H17NO6. The summed E-state index contributed by atoms with van der Waals surface area (Å²) in [5.74, 6) is -2.01. The Hall–Kier alpha value is -2.83. The van der Waals surface area contributed by atoms with Gasteiger partial charge in [0.2, 0.25) is 0 Å². The van der Waals surface area contributed by atoms with E-state index in [1.165, 1.54) is 0 Å². The third-order valence-corrected chi connectivity index (χ3v) is 3.42. The molecule has 0 spiro atoms. The maximum Gasteiger partial charge on any atom is 0.353 e. The molecule has 0 bridgehead atoms. The quantitative estimate of drug-likeness (QED) is 0.652. The zero-order valence-electron chi connectivity index (χ0n) is 13.1. The van der Waals surface area contributed by atoms with Gasteiger partial charge < -0.3 is 19.6 Å². The summed E-state index contributed by atoms with van der Waals surface area (Å²) in [4.78, 5) is 35.3. The van der Waals surface area contributed by atoms with Gasteiger partial charge in [-0.2, -0.15) is 0 Å². The summed E-state index contributed by atoms with van der Waals surface area (Å²) in [6.07, 6.45) is 0. The van der Waals surface area contributed by atoms with Gasteiger partial charge >= 0.3 is 11.6 Å². The minimum Gasteiger partial charge on any atom is -0.506 e. The van der Waals surface area contributed by atoms with Crippen LogP contribution in [-0.4, -0.2) is 30.1 Å². The molecule has 122 valence electrons. The van der Waals surface area contributed by atoms with Gasteiger partial charge in [0.05, 0.1) is 12.0 Å². The standard InChI is InChI=1S/C16H17NO6/c1-4-22-12(18)7-17-15(20)13-14(19)10-5-8(2)9(3)6-11(10)23-16(13)21/h5-6,19H,4,7H2,1-3H3,(H,17,20). The zero-order chi connectivity index (χ0) is 17.1. The van der Waals surface area contributed by atoms with Crippen LogP contribution in [0.5, 0.6) is 5.75 Å². The number of ether oxygens (including phenoxy) is 1. The molecule has 0 aliphatic heterocycles. The first-order valence-corrected chi connectivity index (χ1v) is 7.06. The number of carbonyl (C=O) groups excluding carboxylic acids is 2. The summed E-state index contributed by atoms with van der Waals surface area (Å²) in [6, 6.07) is 3.25. The highest BCUT2D eigenvalue weighted by Gasteiger charge is 2.22. The Morgan fingerprint density at radius 2 is 1.91 bits per heavy atom. The van der Waals surface area contributed by atoms with Gasteiger partial charge in [0.25, 0.3) is 5.91 Å². The molecule has 0 unspecified atom stereocenters.